The Kier molecular flexibility index (Phi) is 3.89. The van der Waals surface area contributed by atoms with Crippen molar-refractivity contribution in [3.8, 4) is 5.75 Å². The molecule has 168 valence electrons. The zero-order valence-electron chi connectivity index (χ0n) is 17.4. The second-order valence-electron chi connectivity index (χ2n) is 8.14. The first-order valence-electron chi connectivity index (χ1n) is 10.5. The van der Waals surface area contributed by atoms with Gasteiger partial charge in [0.25, 0.3) is 0 Å². The third-order valence-electron chi connectivity index (χ3n) is 6.22. The number of rotatable bonds is 2. The molecule has 7 nitrogen and oxygen atoms in total. The fourth-order valence-corrected chi connectivity index (χ4v) is 4.89. The maximum absolute atomic E-state index is 15.1. The van der Waals surface area contributed by atoms with Gasteiger partial charge in [-0.3, -0.25) is 0 Å². The van der Waals surface area contributed by atoms with Crippen LogP contribution in [0.25, 0.3) is 43.9 Å². The van der Waals surface area contributed by atoms with E-state index in [-0.39, 0.29) is 31.2 Å². The van der Waals surface area contributed by atoms with Crippen molar-refractivity contribution < 1.29 is 27.1 Å². The summed E-state index contributed by atoms with van der Waals surface area (Å²) in [5.41, 5.74) is 1.47. The van der Waals surface area contributed by atoms with Crippen molar-refractivity contribution in [3.63, 3.8) is 0 Å². The molecule has 9 heteroatoms. The smallest absolute Gasteiger partial charge is 0.362 e. The Bertz CT molecular complexity index is 1850. The van der Waals surface area contributed by atoms with Crippen LogP contribution in [0.1, 0.15) is 11.1 Å². The van der Waals surface area contributed by atoms with Crippen LogP contribution in [0.3, 0.4) is 0 Å². The Morgan fingerprint density at radius 3 is 2.91 bits per heavy atom. The third kappa shape index (κ3) is 2.58. The van der Waals surface area contributed by atoms with Crippen molar-refractivity contribution >= 4 is 43.9 Å². The Labute approximate surface area is 188 Å². The molecule has 2 aromatic carbocycles. The first kappa shape index (κ1) is 19.2. The highest BCUT2D eigenvalue weighted by Crippen LogP contribution is 2.40. The van der Waals surface area contributed by atoms with Crippen LogP contribution < -0.4 is 10.4 Å². The standard InChI is InChI=1S/C25H14F2N2O5/c26-14-6-12(22-13(7-14)10-31-11-33-22)9-29-18-8-17(27)15-3-5-32-23(15)20(18)19-16-2-1-4-28-24(16)34-25(30)21(19)29/h1-8H,9-11H2. The van der Waals surface area contributed by atoms with Crippen molar-refractivity contribution in [1.82, 2.24) is 9.55 Å². The SMILES string of the molecule is O=c1oc2ncccc2c2c3c4occc4c(F)cc3n(Cc3cc(F)cc4c3OCOC4)c12. The number of pyridine rings is 1. The average molecular weight is 460 g/mol. The van der Waals surface area contributed by atoms with Crippen molar-refractivity contribution in [3.05, 3.63) is 82.0 Å². The normalized spacial score (nSPS) is 13.7. The zero-order chi connectivity index (χ0) is 23.0. The van der Waals surface area contributed by atoms with Gasteiger partial charge in [0, 0.05) is 28.1 Å². The lowest BCUT2D eigenvalue weighted by Crippen LogP contribution is -2.15. The van der Waals surface area contributed by atoms with Crippen LogP contribution >= 0.6 is 0 Å². The van der Waals surface area contributed by atoms with Gasteiger partial charge in [0.1, 0.15) is 28.5 Å². The molecule has 4 aromatic heterocycles. The van der Waals surface area contributed by atoms with Gasteiger partial charge in [-0.15, -0.1) is 0 Å². The second kappa shape index (κ2) is 6.88. The highest BCUT2D eigenvalue weighted by molar-refractivity contribution is 6.25. The van der Waals surface area contributed by atoms with Gasteiger partial charge >= 0.3 is 5.63 Å². The summed E-state index contributed by atoms with van der Waals surface area (Å²) in [6.45, 7) is 0.258. The molecule has 0 aliphatic carbocycles. The number of nitrogens with zero attached hydrogens (tertiary/aromatic N) is 2. The maximum atomic E-state index is 15.1. The maximum Gasteiger partial charge on any atom is 0.362 e. The van der Waals surface area contributed by atoms with E-state index >= 15 is 4.39 Å². The Morgan fingerprint density at radius 2 is 2.00 bits per heavy atom. The van der Waals surface area contributed by atoms with Crippen LogP contribution in [-0.4, -0.2) is 16.3 Å². The number of benzene rings is 2. The molecule has 0 N–H and O–H groups in total. The van der Waals surface area contributed by atoms with E-state index in [1.807, 2.05) is 0 Å². The molecule has 0 unspecified atom stereocenters. The van der Waals surface area contributed by atoms with E-state index in [9.17, 15) is 9.18 Å². The molecule has 0 amide bonds. The van der Waals surface area contributed by atoms with Gasteiger partial charge in [0.05, 0.1) is 35.7 Å². The van der Waals surface area contributed by atoms with Gasteiger partial charge in [-0.1, -0.05) is 0 Å². The number of hydrogen-bond acceptors (Lipinski definition) is 6. The van der Waals surface area contributed by atoms with Gasteiger partial charge in [-0.25, -0.2) is 18.6 Å². The number of ether oxygens (including phenoxy) is 2. The predicted molar refractivity (Wildman–Crippen MR) is 119 cm³/mol. The van der Waals surface area contributed by atoms with Gasteiger partial charge in [-0.05, 0) is 36.4 Å². The lowest BCUT2D eigenvalue weighted by atomic mass is 10.1. The lowest BCUT2D eigenvalue weighted by molar-refractivity contribution is -0.0173. The quantitative estimate of drug-likeness (QED) is 0.352. The van der Waals surface area contributed by atoms with E-state index in [0.29, 0.717) is 49.5 Å². The van der Waals surface area contributed by atoms with Crippen LogP contribution in [0.5, 0.6) is 5.75 Å². The van der Waals surface area contributed by atoms with Crippen molar-refractivity contribution in [2.75, 3.05) is 6.79 Å². The van der Waals surface area contributed by atoms with E-state index in [2.05, 4.69) is 4.98 Å². The number of fused-ring (bicyclic) bond motifs is 8. The Hall–Kier alpha value is -4.24. The zero-order valence-corrected chi connectivity index (χ0v) is 17.4. The predicted octanol–water partition coefficient (Wildman–Crippen LogP) is 5.24. The van der Waals surface area contributed by atoms with Gasteiger partial charge in [0.15, 0.2) is 6.79 Å². The molecule has 1 aliphatic heterocycles. The van der Waals surface area contributed by atoms with Crippen LogP contribution in [0, 0.1) is 11.6 Å². The Balaban J connectivity index is 1.65. The van der Waals surface area contributed by atoms with E-state index in [1.54, 1.807) is 16.7 Å². The minimum atomic E-state index is -0.646. The molecular weight excluding hydrogens is 446 g/mol. The van der Waals surface area contributed by atoms with Gasteiger partial charge < -0.3 is 22.9 Å². The first-order chi connectivity index (χ1) is 16.6. The van der Waals surface area contributed by atoms with Gasteiger partial charge in [-0.2, -0.15) is 0 Å². The summed E-state index contributed by atoms with van der Waals surface area (Å²) in [5.74, 6) is -0.489. The van der Waals surface area contributed by atoms with Crippen LogP contribution in [0.4, 0.5) is 8.78 Å². The summed E-state index contributed by atoms with van der Waals surface area (Å²) in [6, 6.07) is 9.09. The molecule has 0 saturated heterocycles. The van der Waals surface area contributed by atoms with E-state index in [4.69, 9.17) is 18.3 Å². The first-order valence-corrected chi connectivity index (χ1v) is 10.5. The molecule has 1 aliphatic rings. The molecular formula is C25H14F2N2O5. The molecule has 0 bridgehead atoms. The summed E-state index contributed by atoms with van der Waals surface area (Å²) in [4.78, 5) is 17.4. The second-order valence-corrected chi connectivity index (χ2v) is 8.14. The summed E-state index contributed by atoms with van der Waals surface area (Å²) in [6.07, 6.45) is 2.93. The minimum Gasteiger partial charge on any atom is -0.467 e. The van der Waals surface area contributed by atoms with Crippen LogP contribution in [0.15, 0.2) is 62.5 Å². The van der Waals surface area contributed by atoms with E-state index in [1.165, 1.54) is 36.7 Å². The number of hydrogen-bond donors (Lipinski definition) is 0. The Morgan fingerprint density at radius 1 is 1.09 bits per heavy atom. The monoisotopic (exact) mass is 460 g/mol. The molecule has 0 atom stereocenters. The average Bonchev–Trinajstić information content (AvgIpc) is 3.44. The number of aromatic nitrogens is 2. The summed E-state index contributed by atoms with van der Waals surface area (Å²) < 4.78 is 53.2. The largest absolute Gasteiger partial charge is 0.467 e. The molecule has 34 heavy (non-hydrogen) atoms. The summed E-state index contributed by atoms with van der Waals surface area (Å²) >= 11 is 0. The van der Waals surface area contributed by atoms with Gasteiger partial charge in [0.2, 0.25) is 5.71 Å². The fraction of sp³-hybridized carbons (Fsp3) is 0.120. The summed E-state index contributed by atoms with van der Waals surface area (Å²) in [7, 11) is 0. The minimum absolute atomic E-state index is 0.0267. The third-order valence-corrected chi connectivity index (χ3v) is 6.22. The number of halogens is 2. The molecule has 0 saturated carbocycles. The lowest BCUT2D eigenvalue weighted by Gasteiger charge is -2.21. The molecule has 6 aromatic rings. The molecule has 0 radical (unpaired) electrons. The highest BCUT2D eigenvalue weighted by Gasteiger charge is 2.25. The molecule has 0 fully saturated rings. The molecule has 0 spiro atoms. The fourth-order valence-electron chi connectivity index (χ4n) is 4.89. The molecule has 7 rings (SSSR count). The van der Waals surface area contributed by atoms with Crippen LogP contribution in [-0.2, 0) is 17.9 Å². The van der Waals surface area contributed by atoms with Crippen molar-refractivity contribution in [2.24, 2.45) is 0 Å². The van der Waals surface area contributed by atoms with Crippen molar-refractivity contribution in [2.45, 2.75) is 13.2 Å². The van der Waals surface area contributed by atoms with Crippen molar-refractivity contribution in [1.29, 1.82) is 0 Å². The molecule has 5 heterocycles. The summed E-state index contributed by atoms with van der Waals surface area (Å²) in [5, 5.41) is 1.96. The topological polar surface area (TPSA) is 79.6 Å². The number of furan rings is 1. The van der Waals surface area contributed by atoms with Crippen LogP contribution in [0.2, 0.25) is 0 Å². The van der Waals surface area contributed by atoms with E-state index in [0.717, 1.165) is 0 Å². The highest BCUT2D eigenvalue weighted by atomic mass is 19.1. The van der Waals surface area contributed by atoms with E-state index < -0.39 is 17.3 Å².